The van der Waals surface area contributed by atoms with Gasteiger partial charge in [-0.15, -0.1) is 0 Å². The molecule has 140 valence electrons. The summed E-state index contributed by atoms with van der Waals surface area (Å²) in [6.45, 7) is 0. The third-order valence-electron chi connectivity index (χ3n) is 3.98. The van der Waals surface area contributed by atoms with Crippen molar-refractivity contribution in [3.63, 3.8) is 0 Å². The van der Waals surface area contributed by atoms with Crippen LogP contribution in [0.3, 0.4) is 0 Å². The van der Waals surface area contributed by atoms with E-state index < -0.39 is 22.0 Å². The molecule has 0 aliphatic carbocycles. The van der Waals surface area contributed by atoms with Gasteiger partial charge in [0.25, 0.3) is 0 Å². The largest absolute Gasteiger partial charge is 0.481 e. The van der Waals surface area contributed by atoms with Crippen LogP contribution in [0.15, 0.2) is 59.1 Å². The van der Waals surface area contributed by atoms with E-state index >= 15 is 0 Å². The van der Waals surface area contributed by atoms with E-state index in [0.717, 1.165) is 15.6 Å². The summed E-state index contributed by atoms with van der Waals surface area (Å²) >= 11 is 3.42. The molecule has 5 nitrogen and oxygen atoms in total. The van der Waals surface area contributed by atoms with Crippen LogP contribution in [0.1, 0.15) is 24.0 Å². The van der Waals surface area contributed by atoms with Crippen molar-refractivity contribution < 1.29 is 18.3 Å². The molecule has 0 spiro atoms. The fourth-order valence-corrected chi connectivity index (χ4v) is 4.46. The lowest BCUT2D eigenvalue weighted by atomic mass is 10.0. The van der Waals surface area contributed by atoms with Crippen molar-refractivity contribution in [2.75, 3.05) is 5.75 Å². The summed E-state index contributed by atoms with van der Waals surface area (Å²) in [6.07, 6.45) is 1.01. The standard InChI is InChI=1S/C19H22BrNO4S/c20-18-9-5-4-8-16(18)12-13-26(24,25)21-17(10-11-19(22)23)14-15-6-2-1-3-7-15/h1-9,17,21H,10-14H2,(H,22,23). The van der Waals surface area contributed by atoms with E-state index in [2.05, 4.69) is 20.7 Å². The second-order valence-corrected chi connectivity index (χ2v) is 8.82. The van der Waals surface area contributed by atoms with Gasteiger partial charge in [-0.3, -0.25) is 4.79 Å². The van der Waals surface area contributed by atoms with Gasteiger partial charge in [0, 0.05) is 16.9 Å². The molecule has 2 aromatic rings. The summed E-state index contributed by atoms with van der Waals surface area (Å²) in [6, 6.07) is 16.5. The van der Waals surface area contributed by atoms with E-state index in [1.807, 2.05) is 54.6 Å². The molecule has 0 aromatic heterocycles. The first-order chi connectivity index (χ1) is 12.4. The van der Waals surface area contributed by atoms with E-state index in [1.165, 1.54) is 0 Å². The molecule has 0 fully saturated rings. The minimum absolute atomic E-state index is 0.0476. The number of carboxylic acids is 1. The Balaban J connectivity index is 2.02. The molecule has 2 N–H and O–H groups in total. The number of nitrogens with one attached hydrogen (secondary N) is 1. The number of aliphatic carboxylic acids is 1. The van der Waals surface area contributed by atoms with Crippen molar-refractivity contribution in [1.29, 1.82) is 0 Å². The molecule has 0 saturated carbocycles. The first-order valence-electron chi connectivity index (χ1n) is 8.35. The van der Waals surface area contributed by atoms with Crippen molar-refractivity contribution in [2.24, 2.45) is 0 Å². The highest BCUT2D eigenvalue weighted by atomic mass is 79.9. The summed E-state index contributed by atoms with van der Waals surface area (Å²) in [5.41, 5.74) is 1.89. The van der Waals surface area contributed by atoms with Crippen LogP contribution in [-0.4, -0.2) is 31.3 Å². The lowest BCUT2D eigenvalue weighted by Gasteiger charge is -2.18. The van der Waals surface area contributed by atoms with E-state index in [4.69, 9.17) is 5.11 Å². The van der Waals surface area contributed by atoms with E-state index in [1.54, 1.807) is 0 Å². The monoisotopic (exact) mass is 439 g/mol. The molecule has 1 unspecified atom stereocenters. The van der Waals surface area contributed by atoms with E-state index in [9.17, 15) is 13.2 Å². The van der Waals surface area contributed by atoms with Crippen LogP contribution in [0.4, 0.5) is 0 Å². The van der Waals surface area contributed by atoms with Crippen molar-refractivity contribution in [2.45, 2.75) is 31.7 Å². The van der Waals surface area contributed by atoms with Gasteiger partial charge < -0.3 is 5.11 Å². The number of rotatable bonds is 10. The van der Waals surface area contributed by atoms with Crippen LogP contribution < -0.4 is 4.72 Å². The van der Waals surface area contributed by atoms with Crippen LogP contribution in [0, 0.1) is 0 Å². The highest BCUT2D eigenvalue weighted by molar-refractivity contribution is 9.10. The maximum atomic E-state index is 12.5. The second-order valence-electron chi connectivity index (χ2n) is 6.10. The molecule has 2 aromatic carbocycles. The Morgan fingerprint density at radius 2 is 1.73 bits per heavy atom. The predicted molar refractivity (Wildman–Crippen MR) is 106 cm³/mol. The zero-order valence-electron chi connectivity index (χ0n) is 14.3. The minimum Gasteiger partial charge on any atom is -0.481 e. The molecule has 0 saturated heterocycles. The van der Waals surface area contributed by atoms with Gasteiger partial charge in [-0.2, -0.15) is 0 Å². The van der Waals surface area contributed by atoms with Crippen LogP contribution >= 0.6 is 15.9 Å². The van der Waals surface area contributed by atoms with Crippen LogP contribution in [0.5, 0.6) is 0 Å². The van der Waals surface area contributed by atoms with Crippen molar-refractivity contribution >= 4 is 31.9 Å². The maximum absolute atomic E-state index is 12.5. The SMILES string of the molecule is O=C(O)CCC(Cc1ccccc1)NS(=O)(=O)CCc1ccccc1Br. The van der Waals surface area contributed by atoms with Gasteiger partial charge in [-0.1, -0.05) is 64.5 Å². The Kier molecular flexibility index (Phi) is 7.81. The van der Waals surface area contributed by atoms with Crippen LogP contribution in [0.2, 0.25) is 0 Å². The van der Waals surface area contributed by atoms with Gasteiger partial charge >= 0.3 is 5.97 Å². The molecule has 26 heavy (non-hydrogen) atoms. The van der Waals surface area contributed by atoms with Gasteiger partial charge in [0.1, 0.15) is 0 Å². The number of carbonyl (C=O) groups is 1. The number of benzene rings is 2. The molecule has 2 rings (SSSR count). The topological polar surface area (TPSA) is 83.5 Å². The molecule has 0 radical (unpaired) electrons. The zero-order chi connectivity index (χ0) is 19.0. The first-order valence-corrected chi connectivity index (χ1v) is 10.8. The smallest absolute Gasteiger partial charge is 0.303 e. The highest BCUT2D eigenvalue weighted by Gasteiger charge is 2.19. The number of aryl methyl sites for hydroxylation is 1. The Morgan fingerprint density at radius 1 is 1.08 bits per heavy atom. The van der Waals surface area contributed by atoms with Crippen LogP contribution in [0.25, 0.3) is 0 Å². The lowest BCUT2D eigenvalue weighted by molar-refractivity contribution is -0.137. The molecule has 0 aliphatic rings. The fourth-order valence-electron chi connectivity index (χ4n) is 2.66. The highest BCUT2D eigenvalue weighted by Crippen LogP contribution is 2.17. The summed E-state index contributed by atoms with van der Waals surface area (Å²) < 4.78 is 28.5. The number of halogens is 1. The van der Waals surface area contributed by atoms with Crippen LogP contribution in [-0.2, 0) is 27.7 Å². The van der Waals surface area contributed by atoms with Gasteiger partial charge in [0.15, 0.2) is 0 Å². The molecule has 0 aliphatic heterocycles. The van der Waals surface area contributed by atoms with Crippen molar-refractivity contribution in [3.8, 4) is 0 Å². The average Bonchev–Trinajstić information content (AvgIpc) is 2.60. The molecule has 1 atom stereocenters. The number of hydrogen-bond acceptors (Lipinski definition) is 3. The second kappa shape index (κ2) is 9.85. The van der Waals surface area contributed by atoms with Gasteiger partial charge in [-0.05, 0) is 36.5 Å². The molecule has 0 heterocycles. The quantitative estimate of drug-likeness (QED) is 0.594. The van der Waals surface area contributed by atoms with E-state index in [-0.39, 0.29) is 18.6 Å². The third kappa shape index (κ3) is 7.27. The molecule has 0 amide bonds. The maximum Gasteiger partial charge on any atom is 0.303 e. The Bertz CT molecular complexity index is 824. The summed E-state index contributed by atoms with van der Waals surface area (Å²) in [5.74, 6) is -0.982. The Labute approximate surface area is 162 Å². The lowest BCUT2D eigenvalue weighted by Crippen LogP contribution is -2.38. The molecular weight excluding hydrogens is 418 g/mol. The number of carboxylic acid groups (broad SMARTS) is 1. The van der Waals surface area contributed by atoms with Gasteiger partial charge in [0.2, 0.25) is 10.0 Å². The fraction of sp³-hybridized carbons (Fsp3) is 0.316. The molecule has 7 heteroatoms. The summed E-state index contributed by atoms with van der Waals surface area (Å²) in [7, 11) is -3.53. The van der Waals surface area contributed by atoms with Gasteiger partial charge in [0.05, 0.1) is 5.75 Å². The van der Waals surface area contributed by atoms with Crippen molar-refractivity contribution in [1.82, 2.24) is 4.72 Å². The Hall–Kier alpha value is -1.70. The zero-order valence-corrected chi connectivity index (χ0v) is 16.7. The molecular formula is C19H22BrNO4S. The number of hydrogen-bond donors (Lipinski definition) is 2. The first kappa shape index (κ1) is 20.6. The summed E-state index contributed by atoms with van der Waals surface area (Å²) in [5, 5.41) is 8.93. The average molecular weight is 440 g/mol. The molecule has 0 bridgehead atoms. The predicted octanol–water partition coefficient (Wildman–Crippen LogP) is 3.39. The number of sulfonamides is 1. The minimum atomic E-state index is -3.53. The Morgan fingerprint density at radius 3 is 2.38 bits per heavy atom. The van der Waals surface area contributed by atoms with E-state index in [0.29, 0.717) is 12.8 Å². The van der Waals surface area contributed by atoms with Gasteiger partial charge in [-0.25, -0.2) is 13.1 Å². The summed E-state index contributed by atoms with van der Waals surface area (Å²) in [4.78, 5) is 10.9. The third-order valence-corrected chi connectivity index (χ3v) is 6.18. The van der Waals surface area contributed by atoms with Crippen molar-refractivity contribution in [3.05, 3.63) is 70.2 Å². The normalized spacial score (nSPS) is 12.7.